The van der Waals surface area contributed by atoms with Gasteiger partial charge in [0.1, 0.15) is 5.69 Å². The van der Waals surface area contributed by atoms with Crippen molar-refractivity contribution < 1.29 is 9.72 Å². The van der Waals surface area contributed by atoms with Crippen LogP contribution >= 0.6 is 11.6 Å². The normalized spacial score (nSPS) is 11.1. The van der Waals surface area contributed by atoms with E-state index in [2.05, 4.69) is 5.32 Å². The molecular formula is C10H12ClN3O3. The molecule has 6 nitrogen and oxygen atoms in total. The van der Waals surface area contributed by atoms with Crippen molar-refractivity contribution in [1.29, 1.82) is 0 Å². The van der Waals surface area contributed by atoms with Gasteiger partial charge in [-0.25, -0.2) is 0 Å². The molecule has 1 rings (SSSR count). The van der Waals surface area contributed by atoms with Gasteiger partial charge < -0.3 is 11.1 Å². The van der Waals surface area contributed by atoms with Gasteiger partial charge in [0, 0.05) is 11.1 Å². The minimum Gasteiger partial charge on any atom is -0.319 e. The summed E-state index contributed by atoms with van der Waals surface area (Å²) in [5.74, 6) is -0.525. The average molecular weight is 258 g/mol. The standard InChI is InChI=1S/C10H12ClN3O3/c1-10(2,12)9(15)13-7-5-6(11)3-4-8(7)14(16)17/h3-5H,12H2,1-2H3,(H,13,15). The summed E-state index contributed by atoms with van der Waals surface area (Å²) in [4.78, 5) is 21.8. The number of benzene rings is 1. The fourth-order valence-corrected chi connectivity index (χ4v) is 1.22. The van der Waals surface area contributed by atoms with Gasteiger partial charge in [-0.2, -0.15) is 0 Å². The predicted molar refractivity (Wildman–Crippen MR) is 65.0 cm³/mol. The largest absolute Gasteiger partial charge is 0.319 e. The first-order valence-corrected chi connectivity index (χ1v) is 5.14. The molecule has 0 aliphatic heterocycles. The number of amides is 1. The number of hydrogen-bond donors (Lipinski definition) is 2. The van der Waals surface area contributed by atoms with Crippen LogP contribution in [-0.2, 0) is 4.79 Å². The molecule has 0 spiro atoms. The first kappa shape index (κ1) is 13.4. The first-order valence-electron chi connectivity index (χ1n) is 4.76. The van der Waals surface area contributed by atoms with E-state index in [1.807, 2.05) is 0 Å². The van der Waals surface area contributed by atoms with Crippen LogP contribution in [0.4, 0.5) is 11.4 Å². The minimum absolute atomic E-state index is 0.0334. The number of halogens is 1. The molecule has 1 amide bonds. The van der Waals surface area contributed by atoms with Crippen LogP contribution in [-0.4, -0.2) is 16.4 Å². The van der Waals surface area contributed by atoms with Crippen LogP contribution in [0.2, 0.25) is 5.02 Å². The maximum Gasteiger partial charge on any atom is 0.292 e. The first-order chi connectivity index (χ1) is 7.71. The Morgan fingerprint density at radius 3 is 2.59 bits per heavy atom. The van der Waals surface area contributed by atoms with Crippen molar-refractivity contribution in [3.8, 4) is 0 Å². The van der Waals surface area contributed by atoms with Crippen molar-refractivity contribution in [3.05, 3.63) is 33.3 Å². The van der Waals surface area contributed by atoms with Gasteiger partial charge in [0.25, 0.3) is 5.69 Å². The van der Waals surface area contributed by atoms with E-state index in [0.29, 0.717) is 5.02 Å². The number of nitro groups is 1. The Kier molecular flexibility index (Phi) is 3.69. The topological polar surface area (TPSA) is 98.3 Å². The highest BCUT2D eigenvalue weighted by atomic mass is 35.5. The highest BCUT2D eigenvalue weighted by molar-refractivity contribution is 6.31. The maximum atomic E-state index is 11.6. The van der Waals surface area contributed by atoms with Crippen molar-refractivity contribution in [2.75, 3.05) is 5.32 Å². The summed E-state index contributed by atoms with van der Waals surface area (Å²) in [6, 6.07) is 3.91. The van der Waals surface area contributed by atoms with Gasteiger partial charge in [0.2, 0.25) is 5.91 Å². The van der Waals surface area contributed by atoms with Gasteiger partial charge in [-0.15, -0.1) is 0 Å². The predicted octanol–water partition coefficient (Wildman–Crippen LogP) is 1.92. The molecule has 7 heteroatoms. The molecule has 0 unspecified atom stereocenters. The number of nitrogens with one attached hydrogen (secondary N) is 1. The molecule has 0 atom stereocenters. The minimum atomic E-state index is -1.13. The number of anilines is 1. The fourth-order valence-electron chi connectivity index (χ4n) is 1.05. The summed E-state index contributed by atoms with van der Waals surface area (Å²) >= 11 is 5.71. The molecule has 17 heavy (non-hydrogen) atoms. The molecule has 0 aliphatic rings. The number of carbonyl (C=O) groups excluding carboxylic acids is 1. The number of hydrogen-bond acceptors (Lipinski definition) is 4. The second kappa shape index (κ2) is 4.68. The number of nitrogens with zero attached hydrogens (tertiary/aromatic N) is 1. The Morgan fingerprint density at radius 2 is 2.12 bits per heavy atom. The van der Waals surface area contributed by atoms with Crippen LogP contribution in [0.15, 0.2) is 18.2 Å². The van der Waals surface area contributed by atoms with Crippen LogP contribution in [0.3, 0.4) is 0 Å². The second-order valence-electron chi connectivity index (χ2n) is 4.09. The van der Waals surface area contributed by atoms with E-state index < -0.39 is 16.4 Å². The summed E-state index contributed by atoms with van der Waals surface area (Å²) in [7, 11) is 0. The molecular weight excluding hydrogens is 246 g/mol. The van der Waals surface area contributed by atoms with Crippen LogP contribution in [0.25, 0.3) is 0 Å². The van der Waals surface area contributed by atoms with Gasteiger partial charge in [-0.3, -0.25) is 14.9 Å². The third-order valence-electron chi connectivity index (χ3n) is 1.99. The zero-order chi connectivity index (χ0) is 13.2. The number of nitro benzene ring substituents is 1. The number of nitrogens with two attached hydrogens (primary N) is 1. The van der Waals surface area contributed by atoms with Crippen molar-refractivity contribution in [3.63, 3.8) is 0 Å². The smallest absolute Gasteiger partial charge is 0.292 e. The molecule has 0 saturated heterocycles. The van der Waals surface area contributed by atoms with Crippen molar-refractivity contribution >= 4 is 28.9 Å². The number of rotatable bonds is 3. The summed E-state index contributed by atoms with van der Waals surface area (Å²) in [5, 5.41) is 13.4. The van der Waals surface area contributed by atoms with E-state index in [0.717, 1.165) is 0 Å². The molecule has 0 heterocycles. The van der Waals surface area contributed by atoms with Gasteiger partial charge in [0.15, 0.2) is 0 Å². The fraction of sp³-hybridized carbons (Fsp3) is 0.300. The SMILES string of the molecule is CC(C)(N)C(=O)Nc1cc(Cl)ccc1[N+](=O)[O-]. The third-order valence-corrected chi connectivity index (χ3v) is 2.22. The molecule has 1 aromatic carbocycles. The molecule has 3 N–H and O–H groups in total. The highest BCUT2D eigenvalue weighted by Gasteiger charge is 2.25. The van der Waals surface area contributed by atoms with Gasteiger partial charge >= 0.3 is 0 Å². The van der Waals surface area contributed by atoms with Crippen LogP contribution < -0.4 is 11.1 Å². The lowest BCUT2D eigenvalue weighted by molar-refractivity contribution is -0.383. The Balaban J connectivity index is 3.09. The van der Waals surface area contributed by atoms with Crippen molar-refractivity contribution in [1.82, 2.24) is 0 Å². The van der Waals surface area contributed by atoms with E-state index in [1.165, 1.54) is 32.0 Å². The Bertz CT molecular complexity index is 468. The number of carbonyl (C=O) groups is 1. The summed E-state index contributed by atoms with van der Waals surface area (Å²) < 4.78 is 0. The van der Waals surface area contributed by atoms with E-state index in [9.17, 15) is 14.9 Å². The molecule has 0 saturated carbocycles. The molecule has 0 fully saturated rings. The third kappa shape index (κ3) is 3.40. The van der Waals surface area contributed by atoms with E-state index >= 15 is 0 Å². The zero-order valence-corrected chi connectivity index (χ0v) is 10.1. The zero-order valence-electron chi connectivity index (χ0n) is 9.36. The van der Waals surface area contributed by atoms with Gasteiger partial charge in [-0.05, 0) is 26.0 Å². The van der Waals surface area contributed by atoms with E-state index in [-0.39, 0.29) is 11.4 Å². The monoisotopic (exact) mass is 257 g/mol. The van der Waals surface area contributed by atoms with Crippen LogP contribution in [0, 0.1) is 10.1 Å². The van der Waals surface area contributed by atoms with Gasteiger partial charge in [-0.1, -0.05) is 11.6 Å². The Morgan fingerprint density at radius 1 is 1.53 bits per heavy atom. The maximum absolute atomic E-state index is 11.6. The average Bonchev–Trinajstić information content (AvgIpc) is 2.15. The van der Waals surface area contributed by atoms with E-state index in [4.69, 9.17) is 17.3 Å². The van der Waals surface area contributed by atoms with Crippen LogP contribution in [0.5, 0.6) is 0 Å². The summed E-state index contributed by atoms with van der Waals surface area (Å²) in [6.07, 6.45) is 0. The summed E-state index contributed by atoms with van der Waals surface area (Å²) in [6.45, 7) is 3.00. The quantitative estimate of drug-likeness (QED) is 0.638. The lowest BCUT2D eigenvalue weighted by Gasteiger charge is -2.17. The molecule has 0 radical (unpaired) electrons. The molecule has 0 aromatic heterocycles. The molecule has 0 bridgehead atoms. The van der Waals surface area contributed by atoms with Crippen LogP contribution in [0.1, 0.15) is 13.8 Å². The van der Waals surface area contributed by atoms with Crippen molar-refractivity contribution in [2.24, 2.45) is 5.73 Å². The second-order valence-corrected chi connectivity index (χ2v) is 4.53. The lowest BCUT2D eigenvalue weighted by atomic mass is 10.1. The molecule has 92 valence electrons. The Hall–Kier alpha value is -1.66. The Labute approximate surface area is 103 Å². The van der Waals surface area contributed by atoms with Gasteiger partial charge in [0.05, 0.1) is 10.5 Å². The molecule has 0 aliphatic carbocycles. The summed E-state index contributed by atoms with van der Waals surface area (Å²) in [5.41, 5.74) is 4.25. The highest BCUT2D eigenvalue weighted by Crippen LogP contribution is 2.28. The van der Waals surface area contributed by atoms with E-state index in [1.54, 1.807) is 0 Å². The molecule has 1 aromatic rings. The van der Waals surface area contributed by atoms with Crippen molar-refractivity contribution in [2.45, 2.75) is 19.4 Å². The lowest BCUT2D eigenvalue weighted by Crippen LogP contribution is -2.45.